The highest BCUT2D eigenvalue weighted by Crippen LogP contribution is 2.31. The molecule has 2 heteroatoms. The van der Waals surface area contributed by atoms with Crippen molar-refractivity contribution < 1.29 is 10.2 Å². The second-order valence-corrected chi connectivity index (χ2v) is 11.4. The Kier molecular flexibility index (Phi) is 30.4. The maximum Gasteiger partial charge on any atom is 0.0433 e. The van der Waals surface area contributed by atoms with Crippen LogP contribution in [0.5, 0.6) is 0 Å². The molecule has 0 radical (unpaired) electrons. The van der Waals surface area contributed by atoms with E-state index < -0.39 is 0 Å². The molecule has 0 saturated heterocycles. The summed E-state index contributed by atoms with van der Waals surface area (Å²) in [5.41, 5.74) is 0. The molecule has 2 unspecified atom stereocenters. The largest absolute Gasteiger partial charge is 0.396 e. The summed E-state index contributed by atoms with van der Waals surface area (Å²) in [7, 11) is 0. The van der Waals surface area contributed by atoms with Crippen molar-refractivity contribution in [1.29, 1.82) is 0 Å². The predicted octanol–water partition coefficient (Wildman–Crippen LogP) is 10.1. The van der Waals surface area contributed by atoms with Crippen LogP contribution in [0.4, 0.5) is 0 Å². The van der Waals surface area contributed by atoms with E-state index in [-0.39, 0.29) is 0 Å². The van der Waals surface area contributed by atoms with Gasteiger partial charge in [-0.1, -0.05) is 118 Å². The van der Waals surface area contributed by atoms with Crippen molar-refractivity contribution in [2.24, 2.45) is 23.7 Å². The third kappa shape index (κ3) is 27.9. The summed E-state index contributed by atoms with van der Waals surface area (Å²) in [6.45, 7) is 14.4. The average molecular weight is 483 g/mol. The van der Waals surface area contributed by atoms with Crippen LogP contribution in [0.3, 0.4) is 0 Å². The third-order valence-electron chi connectivity index (χ3n) is 6.91. The highest BCUT2D eigenvalue weighted by atomic mass is 16.3. The lowest BCUT2D eigenvalue weighted by molar-refractivity contribution is 0.177. The van der Waals surface area contributed by atoms with E-state index in [1.165, 1.54) is 103 Å². The highest BCUT2D eigenvalue weighted by Gasteiger charge is 2.21. The number of allylic oxidation sites excluding steroid dienone is 2. The van der Waals surface area contributed by atoms with Crippen molar-refractivity contribution in [2.45, 2.75) is 157 Å². The molecule has 0 aromatic rings. The van der Waals surface area contributed by atoms with Crippen LogP contribution in [0.25, 0.3) is 0 Å². The van der Waals surface area contributed by atoms with Gasteiger partial charge in [-0.15, -0.1) is 0 Å². The molecule has 206 valence electrons. The topological polar surface area (TPSA) is 40.5 Å². The van der Waals surface area contributed by atoms with Crippen molar-refractivity contribution in [3.05, 3.63) is 12.2 Å². The number of unbranched alkanes of at least 4 members (excludes halogenated alkanes) is 12. The molecule has 0 bridgehead atoms. The standard InChI is InChI=1S/C18H36O.C14H30O/c1-2-3-4-5-6-7-8-9-10-11-12-13-14-15-16-17-18-19;1-6-13(9-11(2)3)14(7-8-15)10-12(4)5/h9-10,19H,2-8,11-18H2,1H3;11-15H,6-10H2,1-5H3/b10-9-;. The maximum absolute atomic E-state index is 9.13. The first-order valence-corrected chi connectivity index (χ1v) is 15.3. The van der Waals surface area contributed by atoms with E-state index in [9.17, 15) is 0 Å². The van der Waals surface area contributed by atoms with E-state index in [1.54, 1.807) is 0 Å². The summed E-state index contributed by atoms with van der Waals surface area (Å²) in [5, 5.41) is 17.8. The van der Waals surface area contributed by atoms with Crippen molar-refractivity contribution in [2.75, 3.05) is 13.2 Å². The molecule has 0 rings (SSSR count). The first-order valence-electron chi connectivity index (χ1n) is 15.3. The Labute approximate surface area is 216 Å². The smallest absolute Gasteiger partial charge is 0.0433 e. The normalized spacial score (nSPS) is 13.5. The minimum atomic E-state index is 0.353. The van der Waals surface area contributed by atoms with Gasteiger partial charge < -0.3 is 10.2 Å². The van der Waals surface area contributed by atoms with Gasteiger partial charge >= 0.3 is 0 Å². The van der Waals surface area contributed by atoms with E-state index in [0.717, 1.165) is 36.5 Å². The fraction of sp³-hybridized carbons (Fsp3) is 0.938. The van der Waals surface area contributed by atoms with Gasteiger partial charge in [0, 0.05) is 13.2 Å². The van der Waals surface area contributed by atoms with Gasteiger partial charge in [-0.25, -0.2) is 0 Å². The van der Waals surface area contributed by atoms with Gasteiger partial charge in [0.2, 0.25) is 0 Å². The first kappa shape index (κ1) is 35.8. The number of rotatable bonds is 23. The fourth-order valence-electron chi connectivity index (χ4n) is 4.97. The molecule has 2 atom stereocenters. The molecule has 2 N–H and O–H groups in total. The number of aliphatic hydroxyl groups excluding tert-OH is 2. The van der Waals surface area contributed by atoms with Crippen LogP contribution < -0.4 is 0 Å². The van der Waals surface area contributed by atoms with Gasteiger partial charge in [-0.05, 0) is 75.0 Å². The molecule has 2 nitrogen and oxygen atoms in total. The molecule has 0 heterocycles. The molecular weight excluding hydrogens is 416 g/mol. The molecule has 0 spiro atoms. The van der Waals surface area contributed by atoms with Crippen LogP contribution in [0.2, 0.25) is 0 Å². The molecule has 0 amide bonds. The Morgan fingerprint density at radius 2 is 0.971 bits per heavy atom. The minimum Gasteiger partial charge on any atom is -0.396 e. The van der Waals surface area contributed by atoms with E-state index in [2.05, 4.69) is 53.7 Å². The van der Waals surface area contributed by atoms with Crippen molar-refractivity contribution >= 4 is 0 Å². The first-order chi connectivity index (χ1) is 16.4. The number of hydrogen-bond acceptors (Lipinski definition) is 2. The van der Waals surface area contributed by atoms with E-state index in [4.69, 9.17) is 10.2 Å². The van der Waals surface area contributed by atoms with E-state index in [1.807, 2.05) is 0 Å². The minimum absolute atomic E-state index is 0.353. The fourth-order valence-corrected chi connectivity index (χ4v) is 4.97. The quantitative estimate of drug-likeness (QED) is 0.112. The zero-order valence-corrected chi connectivity index (χ0v) is 24.5. The monoisotopic (exact) mass is 483 g/mol. The molecule has 0 aliphatic carbocycles. The Balaban J connectivity index is 0. The predicted molar refractivity (Wildman–Crippen MR) is 154 cm³/mol. The molecule has 34 heavy (non-hydrogen) atoms. The Morgan fingerprint density at radius 1 is 0.529 bits per heavy atom. The second-order valence-electron chi connectivity index (χ2n) is 11.4. The summed E-state index contributed by atoms with van der Waals surface area (Å²) in [6.07, 6.45) is 28.0. The van der Waals surface area contributed by atoms with E-state index >= 15 is 0 Å². The second kappa shape index (κ2) is 28.9. The Bertz CT molecular complexity index is 388. The molecule has 0 aromatic carbocycles. The Morgan fingerprint density at radius 3 is 1.38 bits per heavy atom. The zero-order chi connectivity index (χ0) is 25.9. The lowest BCUT2D eigenvalue weighted by atomic mass is 9.78. The van der Waals surface area contributed by atoms with Gasteiger partial charge in [0.05, 0.1) is 0 Å². The zero-order valence-electron chi connectivity index (χ0n) is 24.5. The summed E-state index contributed by atoms with van der Waals surface area (Å²) in [4.78, 5) is 0. The van der Waals surface area contributed by atoms with Gasteiger partial charge in [-0.2, -0.15) is 0 Å². The molecular formula is C32H66O2. The van der Waals surface area contributed by atoms with Gasteiger partial charge in [-0.3, -0.25) is 0 Å². The molecule has 0 aliphatic heterocycles. The number of hydrogen-bond donors (Lipinski definition) is 2. The van der Waals surface area contributed by atoms with Crippen molar-refractivity contribution in [3.8, 4) is 0 Å². The van der Waals surface area contributed by atoms with Crippen LogP contribution >= 0.6 is 0 Å². The lowest BCUT2D eigenvalue weighted by Crippen LogP contribution is -2.19. The summed E-state index contributed by atoms with van der Waals surface area (Å²) >= 11 is 0. The summed E-state index contributed by atoms with van der Waals surface area (Å²) in [5.74, 6) is 3.06. The van der Waals surface area contributed by atoms with Crippen LogP contribution in [-0.2, 0) is 0 Å². The number of aliphatic hydroxyl groups is 2. The Hall–Kier alpha value is -0.340. The van der Waals surface area contributed by atoms with Gasteiger partial charge in [0.1, 0.15) is 0 Å². The van der Waals surface area contributed by atoms with Crippen molar-refractivity contribution in [3.63, 3.8) is 0 Å². The molecule has 0 saturated carbocycles. The molecule has 0 fully saturated rings. The van der Waals surface area contributed by atoms with Crippen molar-refractivity contribution in [1.82, 2.24) is 0 Å². The molecule has 0 aliphatic rings. The van der Waals surface area contributed by atoms with E-state index in [0.29, 0.717) is 13.2 Å². The van der Waals surface area contributed by atoms with Crippen LogP contribution in [0.1, 0.15) is 157 Å². The SMILES string of the molecule is CCC(CC(C)C)C(CCO)CC(C)C.CCCCCCCC/C=C\CCCCCCCCO. The average Bonchev–Trinajstić information content (AvgIpc) is 2.80. The summed E-state index contributed by atoms with van der Waals surface area (Å²) in [6, 6.07) is 0. The van der Waals surface area contributed by atoms with Crippen LogP contribution in [0, 0.1) is 23.7 Å². The van der Waals surface area contributed by atoms with Crippen LogP contribution in [0.15, 0.2) is 12.2 Å². The maximum atomic E-state index is 9.13. The van der Waals surface area contributed by atoms with Gasteiger partial charge in [0.15, 0.2) is 0 Å². The highest BCUT2D eigenvalue weighted by molar-refractivity contribution is 4.81. The van der Waals surface area contributed by atoms with Crippen LogP contribution in [-0.4, -0.2) is 23.4 Å². The van der Waals surface area contributed by atoms with Gasteiger partial charge in [0.25, 0.3) is 0 Å². The third-order valence-corrected chi connectivity index (χ3v) is 6.91. The molecule has 0 aromatic heterocycles. The summed E-state index contributed by atoms with van der Waals surface area (Å²) < 4.78 is 0. The lowest BCUT2D eigenvalue weighted by Gasteiger charge is -2.28.